The Labute approximate surface area is 135 Å². The van der Waals surface area contributed by atoms with E-state index in [2.05, 4.69) is 0 Å². The normalized spacial score (nSPS) is 20.9. The van der Waals surface area contributed by atoms with Gasteiger partial charge in [0, 0.05) is 25.2 Å². The maximum Gasteiger partial charge on any atom is 0.253 e. The number of carbonyl (C=O) groups is 2. The summed E-state index contributed by atoms with van der Waals surface area (Å²) in [6, 6.07) is 5.94. The van der Waals surface area contributed by atoms with Crippen LogP contribution in [0.15, 0.2) is 24.3 Å². The Morgan fingerprint density at radius 2 is 1.91 bits per heavy atom. The van der Waals surface area contributed by atoms with E-state index in [4.69, 9.17) is 4.74 Å². The number of hydrogen-bond acceptors (Lipinski definition) is 3. The first-order valence-electron chi connectivity index (χ1n) is 8.01. The van der Waals surface area contributed by atoms with Crippen LogP contribution in [-0.2, 0) is 14.3 Å². The number of amides is 2. The molecular weight excluding hydrogens is 299 g/mol. The molecule has 0 saturated carbocycles. The number of nitrogens with zero attached hydrogens (tertiary/aromatic N) is 2. The first kappa shape index (κ1) is 15.9. The van der Waals surface area contributed by atoms with Crippen molar-refractivity contribution < 1.29 is 18.7 Å². The number of morpholine rings is 1. The quantitative estimate of drug-likeness (QED) is 0.837. The lowest BCUT2D eigenvalue weighted by Gasteiger charge is -2.47. The number of anilines is 1. The van der Waals surface area contributed by atoms with Gasteiger partial charge in [-0.1, -0.05) is 6.92 Å². The molecule has 0 aromatic heterocycles. The SMILES string of the molecule is CCC(=O)N1CCC2(CC1)CN(c1ccc(F)cc1)C(=O)CO2. The molecule has 23 heavy (non-hydrogen) atoms. The highest BCUT2D eigenvalue weighted by Gasteiger charge is 2.43. The summed E-state index contributed by atoms with van der Waals surface area (Å²) < 4.78 is 18.9. The lowest BCUT2D eigenvalue weighted by molar-refractivity contribution is -0.150. The van der Waals surface area contributed by atoms with Crippen molar-refractivity contribution in [3.05, 3.63) is 30.1 Å². The Hall–Kier alpha value is -1.95. The summed E-state index contributed by atoms with van der Waals surface area (Å²) in [5.41, 5.74) is 0.276. The number of hydrogen-bond donors (Lipinski definition) is 0. The number of benzene rings is 1. The fourth-order valence-corrected chi connectivity index (χ4v) is 3.26. The molecule has 0 bridgehead atoms. The van der Waals surface area contributed by atoms with Crippen LogP contribution >= 0.6 is 0 Å². The number of halogens is 1. The molecular formula is C17H21FN2O3. The average molecular weight is 320 g/mol. The van der Waals surface area contributed by atoms with E-state index in [0.29, 0.717) is 44.6 Å². The molecule has 5 nitrogen and oxygen atoms in total. The number of rotatable bonds is 2. The molecule has 3 rings (SSSR count). The highest BCUT2D eigenvalue weighted by Crippen LogP contribution is 2.33. The molecule has 2 fully saturated rings. The second kappa shape index (κ2) is 6.28. The van der Waals surface area contributed by atoms with Gasteiger partial charge in [0.2, 0.25) is 5.91 Å². The van der Waals surface area contributed by atoms with Crippen LogP contribution in [-0.4, -0.2) is 48.6 Å². The predicted molar refractivity (Wildman–Crippen MR) is 83.5 cm³/mol. The fraction of sp³-hybridized carbons (Fsp3) is 0.529. The molecule has 0 radical (unpaired) electrons. The second-order valence-electron chi connectivity index (χ2n) is 6.16. The topological polar surface area (TPSA) is 49.9 Å². The van der Waals surface area contributed by atoms with Crippen LogP contribution in [0.1, 0.15) is 26.2 Å². The first-order chi connectivity index (χ1) is 11.0. The van der Waals surface area contributed by atoms with E-state index < -0.39 is 5.60 Å². The van der Waals surface area contributed by atoms with Gasteiger partial charge in [-0.3, -0.25) is 9.59 Å². The van der Waals surface area contributed by atoms with E-state index in [-0.39, 0.29) is 24.2 Å². The molecule has 2 aliphatic heterocycles. The predicted octanol–water partition coefficient (Wildman–Crippen LogP) is 1.96. The average Bonchev–Trinajstić information content (AvgIpc) is 2.58. The fourth-order valence-electron chi connectivity index (χ4n) is 3.26. The van der Waals surface area contributed by atoms with Crippen LogP contribution in [0.5, 0.6) is 0 Å². The van der Waals surface area contributed by atoms with Crippen LogP contribution in [0.2, 0.25) is 0 Å². The van der Waals surface area contributed by atoms with Gasteiger partial charge < -0.3 is 14.5 Å². The summed E-state index contributed by atoms with van der Waals surface area (Å²) in [6.07, 6.45) is 1.93. The molecule has 6 heteroatoms. The number of carbonyl (C=O) groups excluding carboxylic acids is 2. The minimum absolute atomic E-state index is 0.0269. The van der Waals surface area contributed by atoms with Crippen molar-refractivity contribution in [1.82, 2.24) is 4.90 Å². The van der Waals surface area contributed by atoms with Crippen LogP contribution in [0.4, 0.5) is 10.1 Å². The molecule has 2 aliphatic rings. The Kier molecular flexibility index (Phi) is 4.35. The van der Waals surface area contributed by atoms with Gasteiger partial charge in [-0.25, -0.2) is 4.39 Å². The van der Waals surface area contributed by atoms with E-state index in [9.17, 15) is 14.0 Å². The van der Waals surface area contributed by atoms with E-state index in [1.807, 2.05) is 11.8 Å². The summed E-state index contributed by atoms with van der Waals surface area (Å²) in [5, 5.41) is 0. The monoisotopic (exact) mass is 320 g/mol. The van der Waals surface area contributed by atoms with E-state index in [1.54, 1.807) is 17.0 Å². The maximum absolute atomic E-state index is 13.1. The maximum atomic E-state index is 13.1. The lowest BCUT2D eigenvalue weighted by Crippen LogP contribution is -2.59. The molecule has 1 aromatic rings. The van der Waals surface area contributed by atoms with Crippen molar-refractivity contribution >= 4 is 17.5 Å². The minimum atomic E-state index is -0.410. The van der Waals surface area contributed by atoms with Crippen molar-refractivity contribution in [3.63, 3.8) is 0 Å². The first-order valence-corrected chi connectivity index (χ1v) is 8.01. The Morgan fingerprint density at radius 3 is 2.52 bits per heavy atom. The molecule has 1 aromatic carbocycles. The molecule has 2 heterocycles. The van der Waals surface area contributed by atoms with Crippen LogP contribution in [0, 0.1) is 5.82 Å². The zero-order valence-electron chi connectivity index (χ0n) is 13.3. The van der Waals surface area contributed by atoms with Gasteiger partial charge in [0.05, 0.1) is 12.1 Å². The third-order valence-corrected chi connectivity index (χ3v) is 4.72. The number of ether oxygens (including phenoxy) is 1. The van der Waals surface area contributed by atoms with Gasteiger partial charge >= 0.3 is 0 Å². The molecule has 2 amide bonds. The number of likely N-dealkylation sites (tertiary alicyclic amines) is 1. The van der Waals surface area contributed by atoms with Crippen LogP contribution < -0.4 is 4.90 Å². The van der Waals surface area contributed by atoms with Gasteiger partial charge in [-0.05, 0) is 37.1 Å². The molecule has 1 spiro atoms. The molecule has 0 atom stereocenters. The van der Waals surface area contributed by atoms with Crippen LogP contribution in [0.25, 0.3) is 0 Å². The second-order valence-corrected chi connectivity index (χ2v) is 6.16. The van der Waals surface area contributed by atoms with Gasteiger partial charge in [-0.15, -0.1) is 0 Å². The van der Waals surface area contributed by atoms with Gasteiger partial charge in [0.25, 0.3) is 5.91 Å². The Balaban J connectivity index is 1.72. The summed E-state index contributed by atoms with van der Waals surface area (Å²) in [5.74, 6) is -0.285. The largest absolute Gasteiger partial charge is 0.363 e. The standard InChI is InChI=1S/C17H21FN2O3/c1-2-15(21)19-9-7-17(8-10-19)12-20(16(22)11-23-17)14-5-3-13(18)4-6-14/h3-6H,2,7-12H2,1H3. The smallest absolute Gasteiger partial charge is 0.253 e. The van der Waals surface area contributed by atoms with Crippen molar-refractivity contribution in [2.45, 2.75) is 31.8 Å². The Morgan fingerprint density at radius 1 is 1.26 bits per heavy atom. The highest BCUT2D eigenvalue weighted by molar-refractivity contribution is 5.95. The zero-order valence-corrected chi connectivity index (χ0v) is 13.3. The van der Waals surface area contributed by atoms with Crippen molar-refractivity contribution in [2.24, 2.45) is 0 Å². The summed E-state index contributed by atoms with van der Waals surface area (Å²) in [4.78, 5) is 27.5. The van der Waals surface area contributed by atoms with Crippen molar-refractivity contribution in [3.8, 4) is 0 Å². The highest BCUT2D eigenvalue weighted by atomic mass is 19.1. The van der Waals surface area contributed by atoms with Crippen molar-refractivity contribution in [2.75, 3.05) is 31.1 Å². The number of piperidine rings is 1. The molecule has 0 unspecified atom stereocenters. The summed E-state index contributed by atoms with van der Waals surface area (Å²) >= 11 is 0. The molecule has 0 N–H and O–H groups in total. The van der Waals surface area contributed by atoms with Crippen molar-refractivity contribution in [1.29, 1.82) is 0 Å². The Bertz CT molecular complexity index is 594. The molecule has 124 valence electrons. The van der Waals surface area contributed by atoms with Crippen LogP contribution in [0.3, 0.4) is 0 Å². The van der Waals surface area contributed by atoms with E-state index >= 15 is 0 Å². The third-order valence-electron chi connectivity index (χ3n) is 4.72. The van der Waals surface area contributed by atoms with E-state index in [1.165, 1.54) is 12.1 Å². The third kappa shape index (κ3) is 3.22. The summed E-state index contributed by atoms with van der Waals surface area (Å²) in [6.45, 7) is 3.64. The molecule has 0 aliphatic carbocycles. The lowest BCUT2D eigenvalue weighted by atomic mass is 9.89. The molecule has 2 saturated heterocycles. The summed E-state index contributed by atoms with van der Waals surface area (Å²) in [7, 11) is 0. The van der Waals surface area contributed by atoms with Gasteiger partial charge in [-0.2, -0.15) is 0 Å². The van der Waals surface area contributed by atoms with E-state index in [0.717, 1.165) is 0 Å². The zero-order chi connectivity index (χ0) is 16.4. The minimum Gasteiger partial charge on any atom is -0.363 e. The van der Waals surface area contributed by atoms with Gasteiger partial charge in [0.1, 0.15) is 12.4 Å². The van der Waals surface area contributed by atoms with Gasteiger partial charge in [0.15, 0.2) is 0 Å².